The van der Waals surface area contributed by atoms with Crippen molar-refractivity contribution in [2.45, 2.75) is 6.42 Å². The first-order valence-electron chi connectivity index (χ1n) is 7.96. The predicted molar refractivity (Wildman–Crippen MR) is 95.8 cm³/mol. The highest BCUT2D eigenvalue weighted by Gasteiger charge is 2.10. The molecule has 0 saturated heterocycles. The van der Waals surface area contributed by atoms with E-state index >= 15 is 0 Å². The van der Waals surface area contributed by atoms with Gasteiger partial charge in [0.1, 0.15) is 11.6 Å². The third-order valence-electron chi connectivity index (χ3n) is 3.80. The van der Waals surface area contributed by atoms with Crippen molar-refractivity contribution in [1.82, 2.24) is 4.98 Å². The quantitative estimate of drug-likeness (QED) is 0.496. The van der Waals surface area contributed by atoms with E-state index in [1.807, 2.05) is 0 Å². The van der Waals surface area contributed by atoms with E-state index in [0.717, 1.165) is 5.56 Å². The highest BCUT2D eigenvalue weighted by atomic mass is 19.1. The summed E-state index contributed by atoms with van der Waals surface area (Å²) in [4.78, 5) is 25.7. The molecule has 2 aromatic carbocycles. The van der Waals surface area contributed by atoms with Crippen LogP contribution in [-0.2, 0) is 4.79 Å². The average molecular weight is 353 g/mol. The van der Waals surface area contributed by atoms with Gasteiger partial charge in [-0.2, -0.15) is 0 Å². The number of aromatic amines is 1. The summed E-state index contributed by atoms with van der Waals surface area (Å²) in [6.45, 7) is 0.101. The monoisotopic (exact) mass is 353 g/mol. The highest BCUT2D eigenvalue weighted by Crippen LogP contribution is 2.20. The van der Waals surface area contributed by atoms with E-state index in [9.17, 15) is 14.0 Å². The van der Waals surface area contributed by atoms with Crippen LogP contribution in [-0.4, -0.2) is 28.4 Å². The molecule has 0 amide bonds. The lowest BCUT2D eigenvalue weighted by Crippen LogP contribution is -2.04. The molecule has 0 bridgehead atoms. The Morgan fingerprint density at radius 1 is 1.15 bits per heavy atom. The van der Waals surface area contributed by atoms with Gasteiger partial charge < -0.3 is 14.8 Å². The predicted octanol–water partition coefficient (Wildman–Crippen LogP) is 4.06. The number of benzene rings is 2. The lowest BCUT2D eigenvalue weighted by molar-refractivity contribution is -0.137. The molecule has 1 aromatic heterocycles. The number of allylic oxidation sites excluding steroid dienone is 1. The Kier molecular flexibility index (Phi) is 5.12. The van der Waals surface area contributed by atoms with Crippen molar-refractivity contribution in [2.75, 3.05) is 6.61 Å². The number of hydrogen-bond donors (Lipinski definition) is 2. The van der Waals surface area contributed by atoms with E-state index in [-0.39, 0.29) is 24.6 Å². The topological polar surface area (TPSA) is 79.4 Å². The Bertz CT molecular complexity index is 973. The maximum atomic E-state index is 13.2. The van der Waals surface area contributed by atoms with Crippen LogP contribution in [0.1, 0.15) is 22.3 Å². The smallest absolute Gasteiger partial charge is 0.306 e. The van der Waals surface area contributed by atoms with E-state index < -0.39 is 5.97 Å². The Balaban J connectivity index is 1.66. The van der Waals surface area contributed by atoms with Crippen LogP contribution in [0.25, 0.3) is 17.0 Å². The summed E-state index contributed by atoms with van der Waals surface area (Å²) in [6.07, 6.45) is 4.62. The number of ether oxygens (including phenoxy) is 1. The maximum absolute atomic E-state index is 13.2. The van der Waals surface area contributed by atoms with Gasteiger partial charge in [-0.3, -0.25) is 9.59 Å². The molecule has 3 rings (SSSR count). The van der Waals surface area contributed by atoms with Gasteiger partial charge in [0.05, 0.1) is 13.0 Å². The number of aliphatic carboxylic acids is 1. The Hall–Kier alpha value is -3.41. The molecule has 5 nitrogen and oxygen atoms in total. The molecule has 0 saturated carbocycles. The van der Waals surface area contributed by atoms with Crippen LogP contribution < -0.4 is 4.74 Å². The molecule has 0 aliphatic rings. The van der Waals surface area contributed by atoms with Crippen LogP contribution in [0.5, 0.6) is 5.75 Å². The second-order valence-electron chi connectivity index (χ2n) is 5.65. The van der Waals surface area contributed by atoms with Crippen molar-refractivity contribution >= 4 is 28.7 Å². The summed E-state index contributed by atoms with van der Waals surface area (Å²) >= 11 is 0. The Morgan fingerprint density at radius 2 is 1.92 bits per heavy atom. The molecule has 132 valence electrons. The van der Waals surface area contributed by atoms with Gasteiger partial charge >= 0.3 is 5.97 Å². The van der Waals surface area contributed by atoms with E-state index in [0.29, 0.717) is 22.2 Å². The standard InChI is InChI=1S/C20H16FNO4/c21-14-4-7-16-17(12-22-18(16)11-14)19(23)8-3-13-1-5-15(6-2-13)26-10-9-20(24)25/h1-8,11-12,22H,9-10H2,(H,24,25). The number of carboxylic acid groups (broad SMARTS) is 1. The molecule has 3 aromatic rings. The van der Waals surface area contributed by atoms with Crippen LogP contribution >= 0.6 is 0 Å². The lowest BCUT2D eigenvalue weighted by atomic mass is 10.1. The normalized spacial score (nSPS) is 11.1. The molecule has 0 radical (unpaired) electrons. The summed E-state index contributed by atoms with van der Waals surface area (Å²) < 4.78 is 18.5. The number of halogens is 1. The summed E-state index contributed by atoms with van der Waals surface area (Å²) in [5.74, 6) is -0.902. The van der Waals surface area contributed by atoms with Crippen molar-refractivity contribution in [2.24, 2.45) is 0 Å². The number of fused-ring (bicyclic) bond motifs is 1. The number of carboxylic acids is 1. The van der Waals surface area contributed by atoms with Crippen LogP contribution in [0.2, 0.25) is 0 Å². The number of carbonyl (C=O) groups is 2. The van der Waals surface area contributed by atoms with Crippen molar-refractivity contribution in [3.63, 3.8) is 0 Å². The molecule has 0 aliphatic heterocycles. The molecular formula is C20H16FNO4. The first-order valence-corrected chi connectivity index (χ1v) is 7.96. The fraction of sp³-hybridized carbons (Fsp3) is 0.100. The molecule has 6 heteroatoms. The minimum Gasteiger partial charge on any atom is -0.493 e. The van der Waals surface area contributed by atoms with Crippen molar-refractivity contribution in [3.05, 3.63) is 71.7 Å². The number of H-pyrrole nitrogens is 1. The number of ketones is 1. The zero-order valence-electron chi connectivity index (χ0n) is 13.7. The first kappa shape index (κ1) is 17.4. The number of rotatable bonds is 7. The second kappa shape index (κ2) is 7.65. The zero-order chi connectivity index (χ0) is 18.5. The van der Waals surface area contributed by atoms with E-state index in [4.69, 9.17) is 9.84 Å². The van der Waals surface area contributed by atoms with Gasteiger partial charge in [0.2, 0.25) is 0 Å². The molecule has 2 N–H and O–H groups in total. The Labute approximate surface area is 148 Å². The van der Waals surface area contributed by atoms with Crippen molar-refractivity contribution < 1.29 is 23.8 Å². The average Bonchev–Trinajstić information content (AvgIpc) is 3.03. The molecule has 1 heterocycles. The number of nitrogens with one attached hydrogen (secondary N) is 1. The SMILES string of the molecule is O=C(O)CCOc1ccc(C=CC(=O)c2c[nH]c3cc(F)ccc23)cc1. The van der Waals surface area contributed by atoms with Crippen LogP contribution in [0.3, 0.4) is 0 Å². The first-order chi connectivity index (χ1) is 12.5. The highest BCUT2D eigenvalue weighted by molar-refractivity contribution is 6.14. The molecule has 0 spiro atoms. The van der Waals surface area contributed by atoms with Crippen molar-refractivity contribution in [3.8, 4) is 5.75 Å². The largest absolute Gasteiger partial charge is 0.493 e. The van der Waals surface area contributed by atoms with Gasteiger partial charge in [-0.15, -0.1) is 0 Å². The lowest BCUT2D eigenvalue weighted by Gasteiger charge is -2.04. The zero-order valence-corrected chi connectivity index (χ0v) is 13.7. The molecule has 0 aliphatic carbocycles. The molecule has 0 unspecified atom stereocenters. The van der Waals surface area contributed by atoms with Gasteiger partial charge in [0.15, 0.2) is 5.78 Å². The van der Waals surface area contributed by atoms with Crippen molar-refractivity contribution in [1.29, 1.82) is 0 Å². The van der Waals surface area contributed by atoms with Gasteiger partial charge in [-0.1, -0.05) is 18.2 Å². The molecule has 26 heavy (non-hydrogen) atoms. The molecule has 0 fully saturated rings. The van der Waals surface area contributed by atoms with Gasteiger partial charge in [0, 0.05) is 22.7 Å². The van der Waals surface area contributed by atoms with Gasteiger partial charge in [-0.25, -0.2) is 4.39 Å². The summed E-state index contributed by atoms with van der Waals surface area (Å²) in [5, 5.41) is 9.24. The number of carbonyl (C=O) groups excluding carboxylic acids is 1. The van der Waals surface area contributed by atoms with Crippen LogP contribution in [0.15, 0.2) is 54.7 Å². The minimum absolute atomic E-state index is 0.0648. The minimum atomic E-state index is -0.914. The molecular weight excluding hydrogens is 337 g/mol. The summed E-state index contributed by atoms with van der Waals surface area (Å²) in [7, 11) is 0. The van der Waals surface area contributed by atoms with Gasteiger partial charge in [-0.05, 0) is 42.0 Å². The number of aromatic nitrogens is 1. The van der Waals surface area contributed by atoms with E-state index in [1.165, 1.54) is 18.2 Å². The molecule has 0 atom stereocenters. The van der Waals surface area contributed by atoms with Gasteiger partial charge in [0.25, 0.3) is 0 Å². The third-order valence-corrected chi connectivity index (χ3v) is 3.80. The van der Waals surface area contributed by atoms with Crippen LogP contribution in [0.4, 0.5) is 4.39 Å². The maximum Gasteiger partial charge on any atom is 0.306 e. The third kappa shape index (κ3) is 4.16. The number of hydrogen-bond acceptors (Lipinski definition) is 3. The fourth-order valence-electron chi connectivity index (χ4n) is 2.50. The fourth-order valence-corrected chi connectivity index (χ4v) is 2.50. The van der Waals surface area contributed by atoms with E-state index in [1.54, 1.807) is 42.6 Å². The van der Waals surface area contributed by atoms with E-state index in [2.05, 4.69) is 4.98 Å². The second-order valence-corrected chi connectivity index (χ2v) is 5.65. The summed E-state index contributed by atoms with van der Waals surface area (Å²) in [5.41, 5.74) is 1.85. The summed E-state index contributed by atoms with van der Waals surface area (Å²) in [6, 6.07) is 11.2. The van der Waals surface area contributed by atoms with Crippen LogP contribution in [0, 0.1) is 5.82 Å². The Morgan fingerprint density at radius 3 is 2.65 bits per heavy atom.